The van der Waals surface area contributed by atoms with Crippen LogP contribution in [0.1, 0.15) is 5.56 Å². The normalized spacial score (nSPS) is 11.0. The number of rotatable bonds is 1. The van der Waals surface area contributed by atoms with Crippen LogP contribution in [-0.2, 0) is 0 Å². The molecular weight excluding hydrogens is 282 g/mol. The Morgan fingerprint density at radius 2 is 1.85 bits per heavy atom. The van der Waals surface area contributed by atoms with Crippen LogP contribution in [0.5, 0.6) is 0 Å². The summed E-state index contributed by atoms with van der Waals surface area (Å²) in [4.78, 5) is 8.37. The zero-order valence-electron chi connectivity index (χ0n) is 10.5. The summed E-state index contributed by atoms with van der Waals surface area (Å²) in [5, 5.41) is 0.210. The van der Waals surface area contributed by atoms with Gasteiger partial charge in [-0.05, 0) is 30.7 Å². The first kappa shape index (κ1) is 12.9. The highest BCUT2D eigenvalue weighted by Crippen LogP contribution is 2.28. The maximum absolute atomic E-state index is 13.8. The van der Waals surface area contributed by atoms with Gasteiger partial charge in [-0.3, -0.25) is 0 Å². The van der Waals surface area contributed by atoms with E-state index in [9.17, 15) is 8.78 Å². The van der Waals surface area contributed by atoms with Crippen LogP contribution in [0, 0.1) is 18.6 Å². The minimum absolute atomic E-state index is 0.0236. The first-order chi connectivity index (χ1) is 9.56. The maximum Gasteiger partial charge on any atom is 0.161 e. The summed E-state index contributed by atoms with van der Waals surface area (Å²) in [6, 6.07) is 8.83. The number of hydrogen-bond acceptors (Lipinski definition) is 2. The van der Waals surface area contributed by atoms with E-state index in [-0.39, 0.29) is 16.4 Å². The molecular formula is C15H9ClF2N2. The summed E-state index contributed by atoms with van der Waals surface area (Å²) in [6.45, 7) is 1.81. The van der Waals surface area contributed by atoms with Crippen LogP contribution in [-0.4, -0.2) is 9.97 Å². The van der Waals surface area contributed by atoms with Crippen LogP contribution in [0.15, 0.2) is 36.4 Å². The third-order valence-corrected chi connectivity index (χ3v) is 3.31. The molecule has 0 aliphatic heterocycles. The third kappa shape index (κ3) is 2.12. The smallest absolute Gasteiger partial charge is 0.161 e. The predicted octanol–water partition coefficient (Wildman–Crippen LogP) is 4.54. The molecule has 0 unspecified atom stereocenters. The van der Waals surface area contributed by atoms with Gasteiger partial charge in [-0.2, -0.15) is 0 Å². The minimum atomic E-state index is -0.471. The first-order valence-electron chi connectivity index (χ1n) is 5.94. The summed E-state index contributed by atoms with van der Waals surface area (Å²) < 4.78 is 27.1. The van der Waals surface area contributed by atoms with Crippen molar-refractivity contribution in [2.24, 2.45) is 0 Å². The van der Waals surface area contributed by atoms with Crippen molar-refractivity contribution in [2.75, 3.05) is 0 Å². The lowest BCUT2D eigenvalue weighted by molar-refractivity contribution is 0.628. The fourth-order valence-electron chi connectivity index (χ4n) is 2.05. The average Bonchev–Trinajstić information content (AvgIpc) is 2.42. The molecule has 0 saturated carbocycles. The Balaban J connectivity index is 2.32. The van der Waals surface area contributed by atoms with Gasteiger partial charge in [0.25, 0.3) is 0 Å². The number of fused-ring (bicyclic) bond motifs is 1. The number of nitrogens with zero attached hydrogens (tertiary/aromatic N) is 2. The van der Waals surface area contributed by atoms with Gasteiger partial charge in [-0.15, -0.1) is 0 Å². The average molecular weight is 291 g/mol. The van der Waals surface area contributed by atoms with Gasteiger partial charge in [-0.1, -0.05) is 29.8 Å². The second-order valence-electron chi connectivity index (χ2n) is 4.44. The molecule has 0 radical (unpaired) electrons. The van der Waals surface area contributed by atoms with Gasteiger partial charge in [0.2, 0.25) is 0 Å². The van der Waals surface area contributed by atoms with Crippen molar-refractivity contribution in [3.8, 4) is 11.4 Å². The summed E-state index contributed by atoms with van der Waals surface area (Å²) in [5.74, 6) is -0.588. The number of aryl methyl sites for hydroxylation is 1. The standard InChI is InChI=1S/C15H9ClF2N2/c1-8-5-6-11(18)12-13(8)19-15(20-14(12)16)9-3-2-4-10(17)7-9/h2-7H,1H3. The molecule has 0 saturated heterocycles. The van der Waals surface area contributed by atoms with Crippen LogP contribution in [0.3, 0.4) is 0 Å². The monoisotopic (exact) mass is 290 g/mol. The Morgan fingerprint density at radius 3 is 2.60 bits per heavy atom. The molecule has 0 N–H and O–H groups in total. The molecule has 0 spiro atoms. The van der Waals surface area contributed by atoms with E-state index in [2.05, 4.69) is 9.97 Å². The largest absolute Gasteiger partial charge is 0.228 e. The minimum Gasteiger partial charge on any atom is -0.228 e. The molecule has 1 heterocycles. The molecule has 0 amide bonds. The quantitative estimate of drug-likeness (QED) is 0.615. The summed E-state index contributed by atoms with van der Waals surface area (Å²) in [7, 11) is 0. The molecule has 3 rings (SSSR count). The molecule has 1 aromatic heterocycles. The van der Waals surface area contributed by atoms with E-state index in [0.29, 0.717) is 11.1 Å². The fourth-order valence-corrected chi connectivity index (χ4v) is 2.31. The van der Waals surface area contributed by atoms with Gasteiger partial charge >= 0.3 is 0 Å². The van der Waals surface area contributed by atoms with Crippen LogP contribution in [0.4, 0.5) is 8.78 Å². The topological polar surface area (TPSA) is 25.8 Å². The molecule has 2 nitrogen and oxygen atoms in total. The molecule has 0 aliphatic rings. The molecule has 3 aromatic rings. The molecule has 0 bridgehead atoms. The van der Waals surface area contributed by atoms with Gasteiger partial charge in [0, 0.05) is 5.56 Å². The van der Waals surface area contributed by atoms with Gasteiger partial charge < -0.3 is 0 Å². The van der Waals surface area contributed by atoms with Crippen molar-refractivity contribution in [1.82, 2.24) is 9.97 Å². The van der Waals surface area contributed by atoms with Crippen molar-refractivity contribution < 1.29 is 8.78 Å². The Bertz CT molecular complexity index is 818. The number of hydrogen-bond donors (Lipinski definition) is 0. The van der Waals surface area contributed by atoms with E-state index >= 15 is 0 Å². The lowest BCUT2D eigenvalue weighted by Gasteiger charge is -2.07. The Labute approximate surface area is 119 Å². The van der Waals surface area contributed by atoms with Crippen LogP contribution < -0.4 is 0 Å². The van der Waals surface area contributed by atoms with Crippen LogP contribution >= 0.6 is 11.6 Å². The highest BCUT2D eigenvalue weighted by Gasteiger charge is 2.13. The van der Waals surface area contributed by atoms with Gasteiger partial charge in [-0.25, -0.2) is 18.7 Å². The van der Waals surface area contributed by atoms with Crippen molar-refractivity contribution in [3.05, 3.63) is 58.7 Å². The van der Waals surface area contributed by atoms with Crippen molar-refractivity contribution in [1.29, 1.82) is 0 Å². The van der Waals surface area contributed by atoms with E-state index in [1.165, 1.54) is 18.2 Å². The van der Waals surface area contributed by atoms with E-state index in [0.717, 1.165) is 5.56 Å². The zero-order valence-corrected chi connectivity index (χ0v) is 11.2. The van der Waals surface area contributed by atoms with Gasteiger partial charge in [0.15, 0.2) is 5.82 Å². The van der Waals surface area contributed by atoms with Crippen molar-refractivity contribution >= 4 is 22.5 Å². The van der Waals surface area contributed by atoms with Crippen LogP contribution in [0.2, 0.25) is 5.15 Å². The van der Waals surface area contributed by atoms with E-state index in [4.69, 9.17) is 11.6 Å². The molecule has 2 aromatic carbocycles. The molecule has 100 valence electrons. The summed E-state index contributed by atoms with van der Waals surface area (Å²) in [6.07, 6.45) is 0. The summed E-state index contributed by atoms with van der Waals surface area (Å²) >= 11 is 6.04. The number of aromatic nitrogens is 2. The fraction of sp³-hybridized carbons (Fsp3) is 0.0667. The molecule has 0 atom stereocenters. The Morgan fingerprint density at radius 1 is 1.05 bits per heavy atom. The molecule has 0 fully saturated rings. The molecule has 5 heteroatoms. The van der Waals surface area contributed by atoms with E-state index < -0.39 is 11.6 Å². The highest BCUT2D eigenvalue weighted by atomic mass is 35.5. The van der Waals surface area contributed by atoms with Crippen molar-refractivity contribution in [3.63, 3.8) is 0 Å². The second-order valence-corrected chi connectivity index (χ2v) is 4.79. The second kappa shape index (κ2) is 4.80. The van der Waals surface area contributed by atoms with Gasteiger partial charge in [0.1, 0.15) is 16.8 Å². The maximum atomic E-state index is 13.8. The number of benzene rings is 2. The molecule has 0 aliphatic carbocycles. The Hall–Kier alpha value is -2.07. The summed E-state index contributed by atoms with van der Waals surface area (Å²) in [5.41, 5.74) is 1.71. The molecule has 20 heavy (non-hydrogen) atoms. The van der Waals surface area contributed by atoms with E-state index in [1.54, 1.807) is 25.1 Å². The lowest BCUT2D eigenvalue weighted by atomic mass is 10.1. The zero-order chi connectivity index (χ0) is 14.3. The SMILES string of the molecule is Cc1ccc(F)c2c(Cl)nc(-c3cccc(F)c3)nc12. The predicted molar refractivity (Wildman–Crippen MR) is 74.6 cm³/mol. The number of halogens is 3. The first-order valence-corrected chi connectivity index (χ1v) is 6.32. The lowest BCUT2D eigenvalue weighted by Crippen LogP contribution is -1.96. The van der Waals surface area contributed by atoms with Gasteiger partial charge in [0.05, 0.1) is 10.9 Å². The Kier molecular flexibility index (Phi) is 3.10. The third-order valence-electron chi connectivity index (χ3n) is 3.04. The van der Waals surface area contributed by atoms with E-state index in [1.807, 2.05) is 0 Å². The highest BCUT2D eigenvalue weighted by molar-refractivity contribution is 6.34. The van der Waals surface area contributed by atoms with Crippen LogP contribution in [0.25, 0.3) is 22.3 Å². The van der Waals surface area contributed by atoms with Crippen molar-refractivity contribution in [2.45, 2.75) is 6.92 Å².